The number of aliphatic hydroxyl groups is 1. The minimum absolute atomic E-state index is 0.0528. The molecule has 274 valence electrons. The molecule has 3 aromatic carbocycles. The molecule has 14 nitrogen and oxygen atoms in total. The molecule has 10 atom stereocenters. The van der Waals surface area contributed by atoms with Gasteiger partial charge < -0.3 is 57.2 Å². The monoisotopic (exact) mass is 710 g/mol. The number of fused-ring (bicyclic) bond motifs is 1. The lowest BCUT2D eigenvalue weighted by Gasteiger charge is -2.55. The minimum atomic E-state index is -1.41. The largest absolute Gasteiger partial charge is 0.497 e. The zero-order valence-corrected chi connectivity index (χ0v) is 28.9. The van der Waals surface area contributed by atoms with Crippen LogP contribution in [0.25, 0.3) is 0 Å². The van der Waals surface area contributed by atoms with Gasteiger partial charge in [-0.25, -0.2) is 9.59 Å². The summed E-state index contributed by atoms with van der Waals surface area (Å²) in [5.41, 5.74) is 0.487. The summed E-state index contributed by atoms with van der Waals surface area (Å²) in [6.07, 6.45) is -9.53. The number of hydrogen-bond acceptors (Lipinski definition) is 14. The first-order valence-electron chi connectivity index (χ1n) is 16.4. The average Bonchev–Trinajstić information content (AvgIpc) is 3.16. The third-order valence-electron chi connectivity index (χ3n) is 9.26. The molecule has 3 fully saturated rings. The van der Waals surface area contributed by atoms with Gasteiger partial charge in [-0.3, -0.25) is 0 Å². The molecule has 0 spiro atoms. The lowest BCUT2D eigenvalue weighted by molar-refractivity contribution is -0.473. The molecule has 14 heteroatoms. The Morgan fingerprint density at radius 2 is 1.22 bits per heavy atom. The molecule has 6 rings (SSSR count). The van der Waals surface area contributed by atoms with E-state index in [2.05, 4.69) is 0 Å². The Morgan fingerprint density at radius 1 is 0.686 bits per heavy atom. The van der Waals surface area contributed by atoms with Crippen LogP contribution in [0.5, 0.6) is 11.5 Å². The Balaban J connectivity index is 1.30. The Labute approximate surface area is 295 Å². The summed E-state index contributed by atoms with van der Waals surface area (Å²) in [7, 11) is 4.44. The number of carbonyl (C=O) groups is 2. The number of ether oxygens (including phenoxy) is 11. The van der Waals surface area contributed by atoms with Crippen LogP contribution in [0.3, 0.4) is 0 Å². The zero-order chi connectivity index (χ0) is 36.2. The molecular weight excluding hydrogens is 668 g/mol. The average molecular weight is 711 g/mol. The highest BCUT2D eigenvalue weighted by Gasteiger charge is 2.61. The van der Waals surface area contributed by atoms with Gasteiger partial charge in [-0.2, -0.15) is 0 Å². The van der Waals surface area contributed by atoms with E-state index in [1.165, 1.54) is 14.2 Å². The summed E-state index contributed by atoms with van der Waals surface area (Å²) in [4.78, 5) is 27.1. The maximum Gasteiger partial charge on any atom is 0.338 e. The van der Waals surface area contributed by atoms with Crippen molar-refractivity contribution in [3.05, 3.63) is 96.1 Å². The summed E-state index contributed by atoms with van der Waals surface area (Å²) >= 11 is 0. The smallest absolute Gasteiger partial charge is 0.338 e. The molecule has 0 unspecified atom stereocenters. The second-order valence-corrected chi connectivity index (χ2v) is 12.4. The summed E-state index contributed by atoms with van der Waals surface area (Å²) < 4.78 is 65.5. The van der Waals surface area contributed by atoms with E-state index in [0.29, 0.717) is 11.5 Å². The molecule has 0 radical (unpaired) electrons. The van der Waals surface area contributed by atoms with Crippen molar-refractivity contribution < 1.29 is 66.8 Å². The van der Waals surface area contributed by atoms with Crippen LogP contribution in [0.4, 0.5) is 0 Å². The van der Waals surface area contributed by atoms with Crippen LogP contribution < -0.4 is 9.47 Å². The number of rotatable bonds is 11. The molecule has 3 saturated heterocycles. The van der Waals surface area contributed by atoms with Crippen LogP contribution in [-0.2, 0) is 42.6 Å². The van der Waals surface area contributed by atoms with Gasteiger partial charge in [0.05, 0.1) is 31.5 Å². The summed E-state index contributed by atoms with van der Waals surface area (Å²) in [5.74, 6) is -3.20. The third kappa shape index (κ3) is 7.73. The van der Waals surface area contributed by atoms with Crippen molar-refractivity contribution in [1.29, 1.82) is 0 Å². The maximum absolute atomic E-state index is 13.6. The first kappa shape index (κ1) is 36.7. The predicted octanol–water partition coefficient (Wildman–Crippen LogP) is 3.49. The van der Waals surface area contributed by atoms with Gasteiger partial charge in [0.2, 0.25) is 24.0 Å². The first-order valence-corrected chi connectivity index (χ1v) is 16.4. The molecule has 3 heterocycles. The SMILES string of the molecule is COc1ccc(O[C@@H]2OC[C@@H](O[C@@H]3OC[C@H]4O[C@](C)(OC)[C@@](C)(OC)O[C@@H]4[C@H]3O)[C@H](OC(=O)c3ccccc3)[C@H]2OC(=O)c2ccccc2)cc1. The number of methoxy groups -OCH3 is 3. The van der Waals surface area contributed by atoms with Gasteiger partial charge in [0.1, 0.15) is 35.9 Å². The van der Waals surface area contributed by atoms with E-state index in [4.69, 9.17) is 52.1 Å². The van der Waals surface area contributed by atoms with Gasteiger partial charge in [-0.15, -0.1) is 0 Å². The normalized spacial score (nSPS) is 33.4. The third-order valence-corrected chi connectivity index (χ3v) is 9.26. The number of carbonyl (C=O) groups excluding carboxylic acids is 2. The van der Waals surface area contributed by atoms with Crippen LogP contribution in [-0.4, -0.2) is 112 Å². The van der Waals surface area contributed by atoms with Gasteiger partial charge in [0.15, 0.2) is 12.4 Å². The molecule has 0 aliphatic carbocycles. The lowest BCUT2D eigenvalue weighted by atomic mass is 9.98. The maximum atomic E-state index is 13.6. The fourth-order valence-corrected chi connectivity index (χ4v) is 6.08. The van der Waals surface area contributed by atoms with Gasteiger partial charge >= 0.3 is 11.9 Å². The van der Waals surface area contributed by atoms with Crippen LogP contribution in [0.15, 0.2) is 84.9 Å². The van der Waals surface area contributed by atoms with Crippen LogP contribution in [0.1, 0.15) is 34.6 Å². The molecule has 3 aliphatic rings. The highest BCUT2D eigenvalue weighted by atomic mass is 16.8. The van der Waals surface area contributed by atoms with Crippen molar-refractivity contribution in [3.63, 3.8) is 0 Å². The molecule has 0 bridgehead atoms. The second kappa shape index (κ2) is 15.6. The molecule has 3 aromatic rings. The Kier molecular flexibility index (Phi) is 11.2. The van der Waals surface area contributed by atoms with E-state index >= 15 is 0 Å². The van der Waals surface area contributed by atoms with Crippen molar-refractivity contribution >= 4 is 11.9 Å². The van der Waals surface area contributed by atoms with Crippen LogP contribution in [0.2, 0.25) is 0 Å². The number of hydrogen-bond donors (Lipinski definition) is 1. The van der Waals surface area contributed by atoms with E-state index in [-0.39, 0.29) is 24.3 Å². The molecule has 1 N–H and O–H groups in total. The van der Waals surface area contributed by atoms with Gasteiger partial charge in [0.25, 0.3) is 0 Å². The highest BCUT2D eigenvalue weighted by molar-refractivity contribution is 5.90. The molecule has 0 amide bonds. The molecule has 0 aromatic heterocycles. The van der Waals surface area contributed by atoms with Crippen molar-refractivity contribution in [2.45, 2.75) is 74.6 Å². The molecule has 0 saturated carbocycles. The van der Waals surface area contributed by atoms with E-state index in [1.807, 2.05) is 0 Å². The van der Waals surface area contributed by atoms with E-state index in [0.717, 1.165) is 0 Å². The van der Waals surface area contributed by atoms with Crippen molar-refractivity contribution in [3.8, 4) is 11.5 Å². The van der Waals surface area contributed by atoms with Crippen LogP contribution in [0, 0.1) is 0 Å². The fourth-order valence-electron chi connectivity index (χ4n) is 6.08. The molecule has 51 heavy (non-hydrogen) atoms. The Hall–Kier alpha value is -4.12. The van der Waals surface area contributed by atoms with E-state index in [1.54, 1.807) is 106 Å². The van der Waals surface area contributed by atoms with Crippen molar-refractivity contribution in [1.82, 2.24) is 0 Å². The Morgan fingerprint density at radius 3 is 1.78 bits per heavy atom. The van der Waals surface area contributed by atoms with Gasteiger partial charge in [-0.05, 0) is 62.4 Å². The predicted molar refractivity (Wildman–Crippen MR) is 176 cm³/mol. The standard InChI is InChI=1S/C37H42O14/c1-36(42-4)37(2,43-5)51-29-27(50-36)21-44-34(28(29)38)47-26-20-45-35(46-25-18-16-24(41-3)17-19-25)31(49-33(40)23-14-10-7-11-15-23)30(26)48-32(39)22-12-8-6-9-13-22/h6-19,26-31,34-35,38H,20-21H2,1-5H3/t26-,27-,28-,29+,30+,31-,34+,35+,36+,37+/m1/s1. The number of esters is 2. The van der Waals surface area contributed by atoms with Crippen LogP contribution >= 0.6 is 0 Å². The van der Waals surface area contributed by atoms with Crippen molar-refractivity contribution in [2.24, 2.45) is 0 Å². The lowest BCUT2D eigenvalue weighted by Crippen LogP contribution is -2.71. The summed E-state index contributed by atoms with van der Waals surface area (Å²) in [6, 6.07) is 23.3. The summed E-state index contributed by atoms with van der Waals surface area (Å²) in [5, 5.41) is 11.5. The molecule has 3 aliphatic heterocycles. The first-order chi connectivity index (χ1) is 24.6. The van der Waals surface area contributed by atoms with Gasteiger partial charge in [0, 0.05) is 14.2 Å². The quantitative estimate of drug-likeness (QED) is 0.289. The minimum Gasteiger partial charge on any atom is -0.497 e. The van der Waals surface area contributed by atoms with Gasteiger partial charge in [-0.1, -0.05) is 36.4 Å². The van der Waals surface area contributed by atoms with E-state index in [9.17, 15) is 14.7 Å². The number of aliphatic hydroxyl groups excluding tert-OH is 1. The highest BCUT2D eigenvalue weighted by Crippen LogP contribution is 2.42. The van der Waals surface area contributed by atoms with E-state index < -0.39 is 72.7 Å². The van der Waals surface area contributed by atoms with Crippen molar-refractivity contribution in [2.75, 3.05) is 34.5 Å². The second-order valence-electron chi connectivity index (χ2n) is 12.4. The molecular formula is C37H42O14. The summed E-state index contributed by atoms with van der Waals surface area (Å²) in [6.45, 7) is 3.02. The number of benzene rings is 3. The topological polar surface area (TPSA) is 156 Å². The fraction of sp³-hybridized carbons (Fsp3) is 0.459. The zero-order valence-electron chi connectivity index (χ0n) is 28.9. The Bertz CT molecular complexity index is 1610.